The van der Waals surface area contributed by atoms with Crippen LogP contribution < -0.4 is 5.32 Å². The Morgan fingerprint density at radius 2 is 1.91 bits per heavy atom. The number of allylic oxidation sites excluding steroid dienone is 1. The van der Waals surface area contributed by atoms with E-state index in [0.717, 1.165) is 5.56 Å². The van der Waals surface area contributed by atoms with Crippen LogP contribution >= 0.6 is 0 Å². The Kier molecular flexibility index (Phi) is 5.31. The first-order valence-corrected chi connectivity index (χ1v) is 7.25. The third-order valence-electron chi connectivity index (χ3n) is 3.51. The molecular weight excluding hydrogens is 298 g/mol. The maximum Gasteiger partial charge on any atom is 0.326 e. The smallest absolute Gasteiger partial charge is 0.326 e. The number of amides is 1. The lowest BCUT2D eigenvalue weighted by Gasteiger charge is -2.22. The van der Waals surface area contributed by atoms with E-state index in [1.54, 1.807) is 18.2 Å². The van der Waals surface area contributed by atoms with Crippen LogP contribution in [-0.2, 0) is 16.0 Å². The van der Waals surface area contributed by atoms with Crippen molar-refractivity contribution >= 4 is 11.9 Å². The van der Waals surface area contributed by atoms with E-state index in [2.05, 4.69) is 5.32 Å². The summed E-state index contributed by atoms with van der Waals surface area (Å²) in [6.07, 6.45) is 4.40. The molecule has 0 spiro atoms. The molecular formula is C17H19NO5. The fourth-order valence-corrected chi connectivity index (χ4v) is 2.27. The molecule has 1 atom stereocenters. The van der Waals surface area contributed by atoms with E-state index in [4.69, 9.17) is 0 Å². The molecule has 0 bridgehead atoms. The number of aliphatic carboxylic acids is 1. The van der Waals surface area contributed by atoms with Crippen LogP contribution in [0.4, 0.5) is 0 Å². The topological polar surface area (TPSA) is 107 Å². The minimum absolute atomic E-state index is 0.0108. The molecule has 1 aliphatic rings. The molecule has 0 heterocycles. The summed E-state index contributed by atoms with van der Waals surface area (Å²) in [6, 6.07) is 7.99. The van der Waals surface area contributed by atoms with E-state index >= 15 is 0 Å². The van der Waals surface area contributed by atoms with Crippen molar-refractivity contribution in [2.75, 3.05) is 0 Å². The zero-order valence-electron chi connectivity index (χ0n) is 12.5. The second-order valence-electron chi connectivity index (χ2n) is 5.52. The number of hydrogen-bond donors (Lipinski definition) is 4. The third kappa shape index (κ3) is 5.36. The number of carbonyl (C=O) groups is 2. The van der Waals surface area contributed by atoms with Crippen LogP contribution in [0.15, 0.2) is 54.1 Å². The van der Waals surface area contributed by atoms with Crippen molar-refractivity contribution in [3.8, 4) is 0 Å². The van der Waals surface area contributed by atoms with Crippen LogP contribution in [0.5, 0.6) is 0 Å². The molecule has 0 saturated heterocycles. The van der Waals surface area contributed by atoms with Gasteiger partial charge in [-0.05, 0) is 17.2 Å². The highest BCUT2D eigenvalue weighted by Gasteiger charge is 2.25. The molecule has 1 aromatic rings. The van der Waals surface area contributed by atoms with Gasteiger partial charge in [-0.25, -0.2) is 4.79 Å². The van der Waals surface area contributed by atoms with Crippen LogP contribution in [0.1, 0.15) is 18.4 Å². The number of carboxylic acid groups (broad SMARTS) is 1. The largest absolute Gasteiger partial charge is 0.480 e. The first kappa shape index (κ1) is 16.9. The highest BCUT2D eigenvalue weighted by Crippen LogP contribution is 2.21. The summed E-state index contributed by atoms with van der Waals surface area (Å²) < 4.78 is 0. The number of rotatable bonds is 6. The Hall–Kier alpha value is -2.44. The van der Waals surface area contributed by atoms with Crippen molar-refractivity contribution in [3.63, 3.8) is 0 Å². The van der Waals surface area contributed by atoms with Crippen LogP contribution in [0.25, 0.3) is 0 Å². The molecule has 2 rings (SSSR count). The third-order valence-corrected chi connectivity index (χ3v) is 3.51. The van der Waals surface area contributed by atoms with E-state index in [0.29, 0.717) is 5.57 Å². The second-order valence-corrected chi connectivity index (χ2v) is 5.52. The molecule has 0 aromatic heterocycles. The van der Waals surface area contributed by atoms with Gasteiger partial charge in [0.25, 0.3) is 0 Å². The van der Waals surface area contributed by atoms with Gasteiger partial charge in [-0.15, -0.1) is 0 Å². The van der Waals surface area contributed by atoms with Crippen LogP contribution in [-0.4, -0.2) is 39.0 Å². The van der Waals surface area contributed by atoms with Gasteiger partial charge in [0.05, 0.1) is 6.42 Å². The molecule has 0 unspecified atom stereocenters. The Morgan fingerprint density at radius 1 is 1.22 bits per heavy atom. The first-order valence-electron chi connectivity index (χ1n) is 7.25. The van der Waals surface area contributed by atoms with Crippen LogP contribution in [0, 0.1) is 0 Å². The quantitative estimate of drug-likeness (QED) is 0.579. The average Bonchev–Trinajstić information content (AvgIpc) is 2.49. The van der Waals surface area contributed by atoms with Crippen molar-refractivity contribution in [1.29, 1.82) is 0 Å². The monoisotopic (exact) mass is 317 g/mol. The summed E-state index contributed by atoms with van der Waals surface area (Å²) >= 11 is 0. The molecule has 6 nitrogen and oxygen atoms in total. The number of carboxylic acids is 1. The van der Waals surface area contributed by atoms with Gasteiger partial charge in [0.2, 0.25) is 5.91 Å². The molecule has 6 heteroatoms. The zero-order chi connectivity index (χ0) is 16.9. The molecule has 122 valence electrons. The van der Waals surface area contributed by atoms with Crippen LogP contribution in [0.3, 0.4) is 0 Å². The molecule has 23 heavy (non-hydrogen) atoms. The van der Waals surface area contributed by atoms with E-state index in [1.807, 2.05) is 18.2 Å². The maximum absolute atomic E-state index is 12.0. The number of benzene rings is 1. The Labute approximate surface area is 133 Å². The number of aliphatic hydroxyl groups is 2. The average molecular weight is 317 g/mol. The normalized spacial score (nSPS) is 17.2. The molecule has 0 saturated carbocycles. The van der Waals surface area contributed by atoms with E-state index < -0.39 is 17.8 Å². The van der Waals surface area contributed by atoms with Gasteiger partial charge in [-0.3, -0.25) is 4.79 Å². The van der Waals surface area contributed by atoms with Crippen molar-refractivity contribution in [2.45, 2.75) is 31.1 Å². The summed E-state index contributed by atoms with van der Waals surface area (Å²) in [5.74, 6) is -3.40. The Morgan fingerprint density at radius 3 is 2.48 bits per heavy atom. The van der Waals surface area contributed by atoms with Gasteiger partial charge in [0.15, 0.2) is 5.79 Å². The molecule has 1 aromatic carbocycles. The maximum atomic E-state index is 12.0. The predicted octanol–water partition coefficient (Wildman–Crippen LogP) is 0.756. The van der Waals surface area contributed by atoms with Crippen LogP contribution in [0.2, 0.25) is 0 Å². The summed E-state index contributed by atoms with van der Waals surface area (Å²) in [5.41, 5.74) is 1.44. The molecule has 0 fully saturated rings. The lowest BCUT2D eigenvalue weighted by atomic mass is 9.97. The summed E-state index contributed by atoms with van der Waals surface area (Å²) in [7, 11) is 0. The van der Waals surface area contributed by atoms with Crippen molar-refractivity contribution < 1.29 is 24.9 Å². The van der Waals surface area contributed by atoms with E-state index in [-0.39, 0.29) is 25.2 Å². The van der Waals surface area contributed by atoms with E-state index in [1.165, 1.54) is 12.2 Å². The summed E-state index contributed by atoms with van der Waals surface area (Å²) in [4.78, 5) is 23.3. The highest BCUT2D eigenvalue weighted by molar-refractivity contribution is 5.85. The van der Waals surface area contributed by atoms with E-state index in [9.17, 15) is 24.9 Å². The zero-order valence-corrected chi connectivity index (χ0v) is 12.5. The lowest BCUT2D eigenvalue weighted by Crippen LogP contribution is -2.42. The standard InChI is InChI=1S/C17H19NO5/c19-15(11-12-4-2-1-3-5-12)18-14(16(20)21)10-13-6-8-17(22,23)9-7-13/h1-8,14,22-23H,9-11H2,(H,18,19)(H,20,21)/t14-/m0/s1. The van der Waals surface area contributed by atoms with Gasteiger partial charge in [0, 0.05) is 12.8 Å². The van der Waals surface area contributed by atoms with Crippen molar-refractivity contribution in [2.24, 2.45) is 0 Å². The summed E-state index contributed by atoms with van der Waals surface area (Å²) in [5, 5.41) is 30.5. The number of nitrogens with one attached hydrogen (secondary N) is 1. The van der Waals surface area contributed by atoms with Gasteiger partial charge in [0.1, 0.15) is 6.04 Å². The number of carbonyl (C=O) groups excluding carboxylic acids is 1. The SMILES string of the molecule is O=C(Cc1ccccc1)N[C@@H](CC1=CCC(O)(O)C=C1)C(=O)O. The minimum atomic E-state index is -1.89. The highest BCUT2D eigenvalue weighted by atomic mass is 16.5. The fourth-order valence-electron chi connectivity index (χ4n) is 2.27. The van der Waals surface area contributed by atoms with Crippen molar-refractivity contribution in [1.82, 2.24) is 5.32 Å². The molecule has 1 amide bonds. The first-order chi connectivity index (χ1) is 10.9. The predicted molar refractivity (Wildman–Crippen MR) is 83.3 cm³/mol. The molecule has 0 radical (unpaired) electrons. The second kappa shape index (κ2) is 7.21. The van der Waals surface area contributed by atoms with Gasteiger partial charge < -0.3 is 20.6 Å². The van der Waals surface area contributed by atoms with Gasteiger partial charge in [-0.1, -0.05) is 42.5 Å². The van der Waals surface area contributed by atoms with Gasteiger partial charge >= 0.3 is 5.97 Å². The lowest BCUT2D eigenvalue weighted by molar-refractivity contribution is -0.141. The molecule has 0 aliphatic heterocycles. The Balaban J connectivity index is 1.94. The number of hydrogen-bond acceptors (Lipinski definition) is 4. The molecule has 1 aliphatic carbocycles. The Bertz CT molecular complexity index is 634. The van der Waals surface area contributed by atoms with Gasteiger partial charge in [-0.2, -0.15) is 0 Å². The minimum Gasteiger partial charge on any atom is -0.480 e. The summed E-state index contributed by atoms with van der Waals surface area (Å²) in [6.45, 7) is 0. The molecule has 4 N–H and O–H groups in total. The van der Waals surface area contributed by atoms with Crippen molar-refractivity contribution in [3.05, 3.63) is 59.7 Å². The fraction of sp³-hybridized carbons (Fsp3) is 0.294.